The minimum atomic E-state index is -4.42. The summed E-state index contributed by atoms with van der Waals surface area (Å²) in [4.78, 5) is 26.5. The molecule has 11 nitrogen and oxygen atoms in total. The van der Waals surface area contributed by atoms with Crippen LogP contribution in [0.5, 0.6) is 5.75 Å². The molecule has 0 fully saturated rings. The van der Waals surface area contributed by atoms with Gasteiger partial charge in [0.2, 0.25) is 0 Å². The number of benzene rings is 2. The number of hydrogen-bond acceptors (Lipinski definition) is 9. The Morgan fingerprint density at radius 1 is 1.22 bits per heavy atom. The van der Waals surface area contributed by atoms with Gasteiger partial charge in [-0.2, -0.15) is 8.42 Å². The van der Waals surface area contributed by atoms with Crippen LogP contribution in [0.15, 0.2) is 70.2 Å². The zero-order valence-corrected chi connectivity index (χ0v) is 22.2. The predicted octanol–water partition coefficient (Wildman–Crippen LogP) is 5.07. The molecule has 0 saturated carbocycles. The molecule has 0 bridgehead atoms. The van der Waals surface area contributed by atoms with Crippen molar-refractivity contribution in [3.8, 4) is 17.0 Å². The Hall–Kier alpha value is -3.68. The Morgan fingerprint density at radius 3 is 2.73 bits per heavy atom. The summed E-state index contributed by atoms with van der Waals surface area (Å²) in [6, 6.07) is 12.8. The number of halogens is 2. The number of pyridine rings is 1. The summed E-state index contributed by atoms with van der Waals surface area (Å²) in [7, 11) is -4.42. The summed E-state index contributed by atoms with van der Waals surface area (Å²) < 4.78 is 38.4. The van der Waals surface area contributed by atoms with E-state index >= 15 is 0 Å². The molecule has 192 valence electrons. The molecule has 4 rings (SSSR count). The lowest BCUT2D eigenvalue weighted by atomic mass is 10.1. The van der Waals surface area contributed by atoms with Gasteiger partial charge in [0.15, 0.2) is 0 Å². The molecule has 0 spiro atoms. The molecule has 0 saturated heterocycles. The topological polar surface area (TPSA) is 142 Å². The van der Waals surface area contributed by atoms with E-state index in [4.69, 9.17) is 20.5 Å². The highest BCUT2D eigenvalue weighted by atomic mass is 79.9. The summed E-state index contributed by atoms with van der Waals surface area (Å²) in [6.07, 6.45) is 1.76. The second kappa shape index (κ2) is 10.7. The summed E-state index contributed by atoms with van der Waals surface area (Å²) in [5.41, 5.74) is 0.915. The van der Waals surface area contributed by atoms with Gasteiger partial charge in [-0.25, -0.2) is 4.98 Å². The third kappa shape index (κ3) is 5.84. The molecule has 0 unspecified atom stereocenters. The molecule has 2 heterocycles. The molecule has 0 radical (unpaired) electrons. The number of aromatic nitrogens is 2. The van der Waals surface area contributed by atoms with Crippen LogP contribution in [-0.2, 0) is 19.6 Å². The summed E-state index contributed by atoms with van der Waals surface area (Å²) in [5.74, 6) is -0.0407. The predicted molar refractivity (Wildman–Crippen MR) is 139 cm³/mol. The first-order valence-corrected chi connectivity index (χ1v) is 13.2. The van der Waals surface area contributed by atoms with Crippen molar-refractivity contribution in [1.82, 2.24) is 9.38 Å². The van der Waals surface area contributed by atoms with Crippen molar-refractivity contribution in [2.75, 3.05) is 18.5 Å². The molecule has 0 atom stereocenters. The third-order valence-corrected chi connectivity index (χ3v) is 7.04. The number of esters is 1. The summed E-state index contributed by atoms with van der Waals surface area (Å²) in [6.45, 7) is 1.81. The van der Waals surface area contributed by atoms with Gasteiger partial charge >= 0.3 is 16.1 Å². The van der Waals surface area contributed by atoms with Gasteiger partial charge in [-0.05, 0) is 59.3 Å². The molecule has 2 aromatic carbocycles. The molecule has 14 heteroatoms. The van der Waals surface area contributed by atoms with Gasteiger partial charge in [0.05, 0.1) is 11.5 Å². The van der Waals surface area contributed by atoms with E-state index in [1.807, 2.05) is 0 Å². The van der Waals surface area contributed by atoms with Crippen molar-refractivity contribution in [1.29, 1.82) is 0 Å². The number of nitrogens with zero attached hydrogens (tertiary/aromatic N) is 3. The van der Waals surface area contributed by atoms with Crippen LogP contribution in [-0.4, -0.2) is 41.8 Å². The van der Waals surface area contributed by atoms with E-state index in [2.05, 4.69) is 26.2 Å². The first-order chi connectivity index (χ1) is 17.6. The highest BCUT2D eigenvalue weighted by molar-refractivity contribution is 9.10. The van der Waals surface area contributed by atoms with Crippen LogP contribution in [0.4, 0.5) is 11.5 Å². The Balaban J connectivity index is 1.71. The van der Waals surface area contributed by atoms with Gasteiger partial charge in [0, 0.05) is 22.3 Å². The maximum Gasteiger partial charge on any atom is 0.339 e. The number of hydrogen-bond donors (Lipinski definition) is 1. The largest absolute Gasteiger partial charge is 0.465 e. The van der Waals surface area contributed by atoms with Crippen LogP contribution in [0.1, 0.15) is 6.92 Å². The van der Waals surface area contributed by atoms with Crippen molar-refractivity contribution >= 4 is 60.8 Å². The molecular weight excluding hydrogens is 592 g/mol. The van der Waals surface area contributed by atoms with Crippen LogP contribution in [0.2, 0.25) is 5.02 Å². The van der Waals surface area contributed by atoms with Gasteiger partial charge in [0.25, 0.3) is 5.69 Å². The van der Waals surface area contributed by atoms with Crippen molar-refractivity contribution in [2.45, 2.75) is 11.8 Å². The Bertz CT molecular complexity index is 1620. The highest BCUT2D eigenvalue weighted by Crippen LogP contribution is 2.33. The van der Waals surface area contributed by atoms with Gasteiger partial charge < -0.3 is 14.2 Å². The number of nitro benzene ring substituents is 1. The second-order valence-electron chi connectivity index (χ2n) is 7.48. The van der Waals surface area contributed by atoms with Crippen LogP contribution in [0.3, 0.4) is 0 Å². The highest BCUT2D eigenvalue weighted by Gasteiger charge is 2.23. The number of imidazole rings is 1. The van der Waals surface area contributed by atoms with E-state index in [9.17, 15) is 23.3 Å². The molecule has 2 aromatic heterocycles. The minimum absolute atomic E-state index is 0.0512. The Morgan fingerprint density at radius 2 is 2.00 bits per heavy atom. The van der Waals surface area contributed by atoms with E-state index in [1.165, 1.54) is 12.1 Å². The number of nitrogens with one attached hydrogen (secondary N) is 1. The van der Waals surface area contributed by atoms with Crippen LogP contribution in [0.25, 0.3) is 16.9 Å². The molecule has 37 heavy (non-hydrogen) atoms. The van der Waals surface area contributed by atoms with Crippen molar-refractivity contribution in [3.63, 3.8) is 0 Å². The molecule has 0 aliphatic carbocycles. The van der Waals surface area contributed by atoms with Crippen LogP contribution < -0.4 is 9.50 Å². The van der Waals surface area contributed by atoms with E-state index < -0.39 is 31.6 Å². The Labute approximate surface area is 224 Å². The first kappa shape index (κ1) is 26.4. The first-order valence-electron chi connectivity index (χ1n) is 10.6. The lowest BCUT2D eigenvalue weighted by Crippen LogP contribution is -2.17. The zero-order valence-electron chi connectivity index (χ0n) is 19.1. The van der Waals surface area contributed by atoms with Gasteiger partial charge in [-0.1, -0.05) is 23.7 Å². The standard InChI is InChI=1S/C23H18BrClN4O7S/c1-2-35-21(30)12-26-23-22(27-20-9-6-15(24)13-28(20)23)14-4-3-5-16(10-14)36-37(33,34)17-7-8-18(25)19(11-17)29(31)32/h3-11,13,26H,2,12H2,1H3. The fourth-order valence-corrected chi connectivity index (χ4v) is 4.88. The molecule has 0 aliphatic rings. The number of fused-ring (bicyclic) bond motifs is 1. The average Bonchev–Trinajstić information content (AvgIpc) is 3.20. The van der Waals surface area contributed by atoms with Gasteiger partial charge in [-0.15, -0.1) is 0 Å². The van der Waals surface area contributed by atoms with Crippen molar-refractivity contribution in [3.05, 3.63) is 80.4 Å². The van der Waals surface area contributed by atoms with Crippen molar-refractivity contribution < 1.29 is 27.1 Å². The second-order valence-corrected chi connectivity index (χ2v) is 10.3. The van der Waals surface area contributed by atoms with Crippen molar-refractivity contribution in [2.24, 2.45) is 0 Å². The Kier molecular flexibility index (Phi) is 7.66. The molecule has 0 amide bonds. The normalized spacial score (nSPS) is 11.3. The number of ether oxygens (including phenoxy) is 1. The van der Waals surface area contributed by atoms with E-state index in [0.29, 0.717) is 22.7 Å². The average molecular weight is 610 g/mol. The smallest absolute Gasteiger partial charge is 0.339 e. The fourth-order valence-electron chi connectivity index (χ4n) is 3.41. The quantitative estimate of drug-likeness (QED) is 0.119. The zero-order chi connectivity index (χ0) is 26.7. The number of anilines is 1. The molecule has 1 N–H and O–H groups in total. The number of carbonyl (C=O) groups is 1. The maximum absolute atomic E-state index is 12.8. The lowest BCUT2D eigenvalue weighted by molar-refractivity contribution is -0.384. The number of rotatable bonds is 9. The monoisotopic (exact) mass is 608 g/mol. The number of carbonyl (C=O) groups excluding carboxylic acids is 1. The van der Waals surface area contributed by atoms with E-state index in [1.54, 1.807) is 41.8 Å². The van der Waals surface area contributed by atoms with E-state index in [0.717, 1.165) is 22.7 Å². The summed E-state index contributed by atoms with van der Waals surface area (Å²) >= 11 is 9.20. The van der Waals surface area contributed by atoms with Crippen LogP contribution >= 0.6 is 27.5 Å². The molecule has 0 aliphatic heterocycles. The lowest BCUT2D eigenvalue weighted by Gasteiger charge is -2.10. The molecular formula is C23H18BrClN4O7S. The van der Waals surface area contributed by atoms with Crippen LogP contribution in [0, 0.1) is 10.1 Å². The number of nitro groups is 1. The summed E-state index contributed by atoms with van der Waals surface area (Å²) in [5, 5.41) is 14.0. The van der Waals surface area contributed by atoms with Gasteiger partial charge in [0.1, 0.15) is 39.4 Å². The maximum atomic E-state index is 12.8. The minimum Gasteiger partial charge on any atom is -0.465 e. The van der Waals surface area contributed by atoms with E-state index in [-0.39, 0.29) is 23.9 Å². The van der Waals surface area contributed by atoms with Gasteiger partial charge in [-0.3, -0.25) is 19.3 Å². The fraction of sp³-hybridized carbons (Fsp3) is 0.130. The third-order valence-electron chi connectivity index (χ3n) is 5.00. The SMILES string of the molecule is CCOC(=O)CNc1c(-c2cccc(OS(=O)(=O)c3ccc(Cl)c([N+](=O)[O-])c3)c2)nc2ccc(Br)cn12. The molecule has 4 aromatic rings.